The Balaban J connectivity index is 1.91. The average molecular weight is 332 g/mol. The second-order valence-electron chi connectivity index (χ2n) is 6.70. The Hall–Kier alpha value is -2.98. The van der Waals surface area contributed by atoms with E-state index in [0.717, 1.165) is 12.8 Å². The molecule has 2 aromatic rings. The van der Waals surface area contributed by atoms with E-state index in [2.05, 4.69) is 31.2 Å². The van der Waals surface area contributed by atoms with E-state index in [1.807, 2.05) is 24.3 Å². The van der Waals surface area contributed by atoms with Crippen LogP contribution in [0.15, 0.2) is 48.5 Å². The van der Waals surface area contributed by atoms with Gasteiger partial charge in [0.05, 0.1) is 0 Å². The highest BCUT2D eigenvalue weighted by Gasteiger charge is 2.38. The van der Waals surface area contributed by atoms with E-state index in [1.165, 1.54) is 24.0 Å². The molecule has 2 atom stereocenters. The molecule has 126 valence electrons. The number of nitriles is 2. The predicted molar refractivity (Wildman–Crippen MR) is 93.9 cm³/mol. The monoisotopic (exact) mass is 332 g/mol. The Kier molecular flexibility index (Phi) is 4.91. The van der Waals surface area contributed by atoms with Crippen molar-refractivity contribution >= 4 is 0 Å². The molecule has 1 aliphatic rings. The molecule has 2 aromatic carbocycles. The average Bonchev–Trinajstić information content (AvgIpc) is 2.64. The maximum absolute atomic E-state index is 8.64. The molecule has 0 N–H and O–H groups in total. The van der Waals surface area contributed by atoms with Crippen LogP contribution in [0, 0.1) is 23.0 Å². The Bertz CT molecular complexity index is 800. The van der Waals surface area contributed by atoms with E-state index < -0.39 is 0 Å². The van der Waals surface area contributed by atoms with Crippen molar-refractivity contribution in [3.05, 3.63) is 59.7 Å². The second kappa shape index (κ2) is 7.28. The van der Waals surface area contributed by atoms with Gasteiger partial charge in [0.2, 0.25) is 0 Å². The van der Waals surface area contributed by atoms with Crippen LogP contribution >= 0.6 is 0 Å². The zero-order chi connectivity index (χ0) is 17.7. The number of ether oxygens (including phenoxy) is 2. The third-order valence-corrected chi connectivity index (χ3v) is 5.33. The van der Waals surface area contributed by atoms with Gasteiger partial charge in [-0.1, -0.05) is 44.0 Å². The molecule has 0 radical (unpaired) electrons. The van der Waals surface area contributed by atoms with Gasteiger partial charge in [-0.3, -0.25) is 0 Å². The normalized spacial score (nSPS) is 22.4. The first-order valence-electron chi connectivity index (χ1n) is 8.50. The van der Waals surface area contributed by atoms with Gasteiger partial charge in [0.15, 0.2) is 0 Å². The van der Waals surface area contributed by atoms with Crippen molar-refractivity contribution in [2.45, 2.75) is 43.9 Å². The zero-order valence-corrected chi connectivity index (χ0v) is 14.2. The molecule has 0 amide bonds. The van der Waals surface area contributed by atoms with Crippen LogP contribution in [0.4, 0.5) is 0 Å². The van der Waals surface area contributed by atoms with Crippen LogP contribution in [0.3, 0.4) is 0 Å². The van der Waals surface area contributed by atoms with Crippen molar-refractivity contribution in [2.24, 2.45) is 0 Å². The smallest absolute Gasteiger partial charge is 0.292 e. The summed E-state index contributed by atoms with van der Waals surface area (Å²) >= 11 is 0. The van der Waals surface area contributed by atoms with Gasteiger partial charge < -0.3 is 9.47 Å². The summed E-state index contributed by atoms with van der Waals surface area (Å²) in [6.45, 7) is 2.32. The maximum atomic E-state index is 8.64. The van der Waals surface area contributed by atoms with Crippen molar-refractivity contribution in [1.29, 1.82) is 10.5 Å². The molecule has 0 spiro atoms. The van der Waals surface area contributed by atoms with E-state index in [4.69, 9.17) is 20.0 Å². The van der Waals surface area contributed by atoms with Gasteiger partial charge in [-0.25, -0.2) is 0 Å². The largest absolute Gasteiger partial charge is 0.388 e. The van der Waals surface area contributed by atoms with Gasteiger partial charge in [0.25, 0.3) is 12.5 Å². The SMILES string of the molecule is CC1(c2ccc(OC#N)cc2)CCCCC1c1ccc(OC#N)cc1. The molecule has 3 rings (SSSR count). The van der Waals surface area contributed by atoms with Crippen LogP contribution in [0.5, 0.6) is 11.5 Å². The van der Waals surface area contributed by atoms with Crippen LogP contribution in [0.2, 0.25) is 0 Å². The topological polar surface area (TPSA) is 66.0 Å². The quantitative estimate of drug-likeness (QED) is 0.737. The van der Waals surface area contributed by atoms with E-state index in [-0.39, 0.29) is 5.41 Å². The standard InChI is InChI=1S/C21H20N2O2/c1-21(17-7-11-19(12-8-17)25-15-23)13-3-2-4-20(21)16-5-9-18(10-6-16)24-14-22/h5-12,20H,2-4,13H2,1H3. The van der Waals surface area contributed by atoms with Crippen molar-refractivity contribution in [3.63, 3.8) is 0 Å². The maximum Gasteiger partial charge on any atom is 0.292 e. The van der Waals surface area contributed by atoms with Gasteiger partial charge in [0.1, 0.15) is 11.5 Å². The van der Waals surface area contributed by atoms with E-state index in [0.29, 0.717) is 17.4 Å². The number of nitrogens with zero attached hydrogens (tertiary/aromatic N) is 2. The summed E-state index contributed by atoms with van der Waals surface area (Å²) in [7, 11) is 0. The molecule has 0 heterocycles. The van der Waals surface area contributed by atoms with Gasteiger partial charge in [-0.05, 0) is 59.6 Å². The van der Waals surface area contributed by atoms with E-state index in [1.54, 1.807) is 12.5 Å². The lowest BCUT2D eigenvalue weighted by Gasteiger charge is -2.42. The minimum absolute atomic E-state index is 0.0288. The summed E-state index contributed by atoms with van der Waals surface area (Å²) in [6, 6.07) is 15.7. The molecule has 4 nitrogen and oxygen atoms in total. The van der Waals surface area contributed by atoms with Crippen LogP contribution in [-0.2, 0) is 5.41 Å². The summed E-state index contributed by atoms with van der Waals surface area (Å²) in [5.74, 6) is 1.54. The molecular formula is C21H20N2O2. The van der Waals surface area contributed by atoms with Crippen molar-refractivity contribution in [3.8, 4) is 24.0 Å². The van der Waals surface area contributed by atoms with Gasteiger partial charge in [-0.15, -0.1) is 10.5 Å². The Morgan fingerprint density at radius 2 is 1.44 bits per heavy atom. The Morgan fingerprint density at radius 1 is 0.880 bits per heavy atom. The van der Waals surface area contributed by atoms with Crippen LogP contribution in [0.25, 0.3) is 0 Å². The summed E-state index contributed by atoms with van der Waals surface area (Å²) in [5, 5.41) is 17.3. The molecule has 25 heavy (non-hydrogen) atoms. The fraction of sp³-hybridized carbons (Fsp3) is 0.333. The molecule has 0 aliphatic heterocycles. The number of benzene rings is 2. The molecule has 1 saturated carbocycles. The highest BCUT2D eigenvalue weighted by Crippen LogP contribution is 2.49. The molecule has 2 unspecified atom stereocenters. The molecule has 1 fully saturated rings. The zero-order valence-electron chi connectivity index (χ0n) is 14.2. The summed E-state index contributed by atoms with van der Waals surface area (Å²) in [5.41, 5.74) is 2.56. The third kappa shape index (κ3) is 3.44. The Labute approximate surface area is 148 Å². The fourth-order valence-electron chi connectivity index (χ4n) is 3.99. The third-order valence-electron chi connectivity index (χ3n) is 5.33. The van der Waals surface area contributed by atoms with Crippen LogP contribution < -0.4 is 9.47 Å². The summed E-state index contributed by atoms with van der Waals surface area (Å²) in [4.78, 5) is 0. The van der Waals surface area contributed by atoms with Crippen LogP contribution in [-0.4, -0.2) is 0 Å². The summed E-state index contributed by atoms with van der Waals surface area (Å²) < 4.78 is 9.78. The number of hydrogen-bond donors (Lipinski definition) is 0. The molecule has 4 heteroatoms. The molecular weight excluding hydrogens is 312 g/mol. The first-order chi connectivity index (χ1) is 12.2. The van der Waals surface area contributed by atoms with Gasteiger partial charge in [-0.2, -0.15) is 0 Å². The van der Waals surface area contributed by atoms with Crippen molar-refractivity contribution < 1.29 is 9.47 Å². The first-order valence-corrected chi connectivity index (χ1v) is 8.50. The fourth-order valence-corrected chi connectivity index (χ4v) is 3.99. The van der Waals surface area contributed by atoms with E-state index in [9.17, 15) is 0 Å². The molecule has 1 aliphatic carbocycles. The van der Waals surface area contributed by atoms with Crippen molar-refractivity contribution in [1.82, 2.24) is 0 Å². The highest BCUT2D eigenvalue weighted by atomic mass is 16.5. The number of rotatable bonds is 4. The first kappa shape index (κ1) is 16.9. The summed E-state index contributed by atoms with van der Waals surface area (Å²) in [6.07, 6.45) is 8.08. The number of hydrogen-bond acceptors (Lipinski definition) is 4. The lowest BCUT2D eigenvalue weighted by atomic mass is 9.61. The van der Waals surface area contributed by atoms with E-state index >= 15 is 0 Å². The van der Waals surface area contributed by atoms with Gasteiger partial charge in [0, 0.05) is 0 Å². The molecule has 0 saturated heterocycles. The van der Waals surface area contributed by atoms with Crippen LogP contribution in [0.1, 0.15) is 49.7 Å². The minimum atomic E-state index is 0.0288. The minimum Gasteiger partial charge on any atom is -0.388 e. The Morgan fingerprint density at radius 3 is 2.00 bits per heavy atom. The highest BCUT2D eigenvalue weighted by molar-refractivity contribution is 5.39. The lowest BCUT2D eigenvalue weighted by molar-refractivity contribution is 0.270. The molecule has 0 aromatic heterocycles. The lowest BCUT2D eigenvalue weighted by Crippen LogP contribution is -2.33. The predicted octanol–water partition coefficient (Wildman–Crippen LogP) is 5.02. The second-order valence-corrected chi connectivity index (χ2v) is 6.70. The van der Waals surface area contributed by atoms with Crippen molar-refractivity contribution in [2.75, 3.05) is 0 Å². The van der Waals surface area contributed by atoms with Gasteiger partial charge >= 0.3 is 0 Å². The molecule has 0 bridgehead atoms.